The fourth-order valence-corrected chi connectivity index (χ4v) is 2.32. The molecule has 0 aliphatic heterocycles. The van der Waals surface area contributed by atoms with Crippen LogP contribution < -0.4 is 5.32 Å². The van der Waals surface area contributed by atoms with Crippen LogP contribution in [0.25, 0.3) is 0 Å². The summed E-state index contributed by atoms with van der Waals surface area (Å²) < 4.78 is 5.25. The molecule has 1 fully saturated rings. The molecule has 0 aromatic rings. The van der Waals surface area contributed by atoms with E-state index >= 15 is 0 Å². The van der Waals surface area contributed by atoms with E-state index in [2.05, 4.69) is 26.1 Å². The topological polar surface area (TPSA) is 61.7 Å². The van der Waals surface area contributed by atoms with Crippen molar-refractivity contribution in [1.29, 1.82) is 0 Å². The Morgan fingerprint density at radius 2 is 2.00 bits per heavy atom. The molecule has 4 heteroatoms. The third-order valence-electron chi connectivity index (χ3n) is 3.49. The van der Waals surface area contributed by atoms with Crippen LogP contribution in [-0.4, -0.2) is 47.7 Å². The molecule has 0 aromatic heterocycles. The molecule has 0 aromatic carbocycles. The summed E-state index contributed by atoms with van der Waals surface area (Å²) in [6, 6.07) is 0. The van der Waals surface area contributed by atoms with Gasteiger partial charge in [0.05, 0.1) is 18.3 Å². The lowest BCUT2D eigenvalue weighted by Gasteiger charge is -2.35. The minimum absolute atomic E-state index is 0.0236. The van der Waals surface area contributed by atoms with Crippen LogP contribution in [0.1, 0.15) is 40.0 Å². The van der Waals surface area contributed by atoms with E-state index in [-0.39, 0.29) is 29.8 Å². The van der Waals surface area contributed by atoms with Gasteiger partial charge >= 0.3 is 0 Å². The number of hydrogen-bond acceptors (Lipinski definition) is 4. The Morgan fingerprint density at radius 1 is 1.35 bits per heavy atom. The molecular formula is C13H27NO3. The van der Waals surface area contributed by atoms with Crippen LogP contribution in [0.2, 0.25) is 0 Å². The Kier molecular flexibility index (Phi) is 5.38. The van der Waals surface area contributed by atoms with Crippen molar-refractivity contribution in [1.82, 2.24) is 5.32 Å². The molecule has 1 saturated carbocycles. The highest BCUT2D eigenvalue weighted by Crippen LogP contribution is 2.28. The van der Waals surface area contributed by atoms with Crippen LogP contribution in [0.3, 0.4) is 0 Å². The number of rotatable bonds is 4. The van der Waals surface area contributed by atoms with E-state index in [0.717, 1.165) is 19.3 Å². The van der Waals surface area contributed by atoms with Crippen molar-refractivity contribution >= 4 is 0 Å². The Morgan fingerprint density at radius 3 is 2.53 bits per heavy atom. The predicted molar refractivity (Wildman–Crippen MR) is 67.9 cm³/mol. The number of methoxy groups -OCH3 is 1. The third-order valence-corrected chi connectivity index (χ3v) is 3.49. The van der Waals surface area contributed by atoms with E-state index in [1.807, 2.05) is 0 Å². The van der Waals surface area contributed by atoms with Gasteiger partial charge in [-0.2, -0.15) is 0 Å². The van der Waals surface area contributed by atoms with Gasteiger partial charge in [-0.3, -0.25) is 0 Å². The maximum Gasteiger partial charge on any atom is 0.0833 e. The van der Waals surface area contributed by atoms with Crippen molar-refractivity contribution in [3.8, 4) is 0 Å². The van der Waals surface area contributed by atoms with Crippen LogP contribution in [0.4, 0.5) is 0 Å². The zero-order valence-electron chi connectivity index (χ0n) is 11.4. The van der Waals surface area contributed by atoms with E-state index in [1.165, 1.54) is 0 Å². The van der Waals surface area contributed by atoms with Gasteiger partial charge in [0, 0.05) is 19.2 Å². The zero-order chi connectivity index (χ0) is 13.1. The summed E-state index contributed by atoms with van der Waals surface area (Å²) in [7, 11) is 1.62. The number of hydrogen-bond donors (Lipinski definition) is 3. The van der Waals surface area contributed by atoms with Crippen LogP contribution >= 0.6 is 0 Å². The summed E-state index contributed by atoms with van der Waals surface area (Å²) in [5.74, 6) is 0.221. The van der Waals surface area contributed by atoms with E-state index in [9.17, 15) is 10.2 Å². The molecule has 0 radical (unpaired) electrons. The first-order valence-electron chi connectivity index (χ1n) is 6.47. The van der Waals surface area contributed by atoms with Gasteiger partial charge in [-0.05, 0) is 46.0 Å². The SMILES string of the molecule is COC1CC(C(O)CNC(C)(C)C)CCC1O. The van der Waals surface area contributed by atoms with E-state index < -0.39 is 0 Å². The molecule has 102 valence electrons. The molecule has 4 atom stereocenters. The quantitative estimate of drug-likeness (QED) is 0.689. The number of aliphatic hydroxyl groups excluding tert-OH is 2. The lowest BCUT2D eigenvalue weighted by molar-refractivity contribution is -0.0693. The van der Waals surface area contributed by atoms with E-state index in [0.29, 0.717) is 6.54 Å². The molecule has 0 heterocycles. The number of nitrogens with one attached hydrogen (secondary N) is 1. The summed E-state index contributed by atoms with van der Waals surface area (Å²) in [6.45, 7) is 6.85. The molecule has 0 spiro atoms. The fourth-order valence-electron chi connectivity index (χ4n) is 2.32. The number of aliphatic hydroxyl groups is 2. The van der Waals surface area contributed by atoms with Gasteiger partial charge in [0.15, 0.2) is 0 Å². The lowest BCUT2D eigenvalue weighted by atomic mass is 9.81. The summed E-state index contributed by atoms with van der Waals surface area (Å²) in [5, 5.41) is 23.2. The molecule has 4 unspecified atom stereocenters. The van der Waals surface area contributed by atoms with E-state index in [1.54, 1.807) is 7.11 Å². The standard InChI is InChI=1S/C13H27NO3/c1-13(2,3)14-8-11(16)9-5-6-10(15)12(7-9)17-4/h9-12,14-16H,5-8H2,1-4H3. The average molecular weight is 245 g/mol. The highest BCUT2D eigenvalue weighted by Gasteiger charge is 2.33. The molecule has 0 bridgehead atoms. The smallest absolute Gasteiger partial charge is 0.0833 e. The minimum Gasteiger partial charge on any atom is -0.392 e. The number of ether oxygens (including phenoxy) is 1. The summed E-state index contributed by atoms with van der Waals surface area (Å²) in [4.78, 5) is 0. The normalized spacial score (nSPS) is 32.5. The maximum atomic E-state index is 10.1. The van der Waals surface area contributed by atoms with Crippen molar-refractivity contribution in [2.24, 2.45) is 5.92 Å². The third kappa shape index (κ3) is 4.92. The first kappa shape index (κ1) is 14.9. The Labute approximate surface area is 104 Å². The van der Waals surface area contributed by atoms with Crippen LogP contribution in [0.5, 0.6) is 0 Å². The largest absolute Gasteiger partial charge is 0.392 e. The van der Waals surface area contributed by atoms with Gasteiger partial charge in [-0.15, -0.1) is 0 Å². The molecule has 1 aliphatic carbocycles. The maximum absolute atomic E-state index is 10.1. The second-order valence-corrected chi connectivity index (χ2v) is 6.11. The summed E-state index contributed by atoms with van der Waals surface area (Å²) in [6.07, 6.45) is 1.46. The molecule has 0 saturated heterocycles. The molecule has 4 nitrogen and oxygen atoms in total. The highest BCUT2D eigenvalue weighted by atomic mass is 16.5. The summed E-state index contributed by atoms with van der Waals surface area (Å²) in [5.41, 5.74) is 0.0236. The van der Waals surface area contributed by atoms with Crippen LogP contribution in [0.15, 0.2) is 0 Å². The van der Waals surface area contributed by atoms with Crippen molar-refractivity contribution in [2.75, 3.05) is 13.7 Å². The number of β-amino-alcohol motifs (C(OH)–C–C–N with tert-alkyl or cyclic N) is 1. The minimum atomic E-state index is -0.376. The van der Waals surface area contributed by atoms with Gasteiger partial charge in [-0.1, -0.05) is 0 Å². The van der Waals surface area contributed by atoms with Gasteiger partial charge < -0.3 is 20.3 Å². The predicted octanol–water partition coefficient (Wildman–Crippen LogP) is 0.911. The fraction of sp³-hybridized carbons (Fsp3) is 1.00. The molecule has 17 heavy (non-hydrogen) atoms. The molecular weight excluding hydrogens is 218 g/mol. The first-order valence-corrected chi connectivity index (χ1v) is 6.47. The van der Waals surface area contributed by atoms with Crippen molar-refractivity contribution < 1.29 is 14.9 Å². The molecule has 1 rings (SSSR count). The molecule has 3 N–H and O–H groups in total. The Balaban J connectivity index is 2.39. The Hall–Kier alpha value is -0.160. The van der Waals surface area contributed by atoms with Crippen molar-refractivity contribution in [3.05, 3.63) is 0 Å². The van der Waals surface area contributed by atoms with Gasteiger partial charge in [-0.25, -0.2) is 0 Å². The highest BCUT2D eigenvalue weighted by molar-refractivity contribution is 4.85. The van der Waals surface area contributed by atoms with E-state index in [4.69, 9.17) is 4.74 Å². The van der Waals surface area contributed by atoms with Gasteiger partial charge in [0.2, 0.25) is 0 Å². The second-order valence-electron chi connectivity index (χ2n) is 6.11. The van der Waals surface area contributed by atoms with Crippen LogP contribution in [-0.2, 0) is 4.74 Å². The van der Waals surface area contributed by atoms with Crippen LogP contribution in [0, 0.1) is 5.92 Å². The zero-order valence-corrected chi connectivity index (χ0v) is 11.4. The van der Waals surface area contributed by atoms with Gasteiger partial charge in [0.25, 0.3) is 0 Å². The van der Waals surface area contributed by atoms with Crippen molar-refractivity contribution in [2.45, 2.75) is 63.9 Å². The lowest BCUT2D eigenvalue weighted by Crippen LogP contribution is -2.46. The monoisotopic (exact) mass is 245 g/mol. The molecule has 1 aliphatic rings. The summed E-state index contributed by atoms with van der Waals surface area (Å²) >= 11 is 0. The second kappa shape index (κ2) is 6.14. The molecule has 0 amide bonds. The van der Waals surface area contributed by atoms with Crippen molar-refractivity contribution in [3.63, 3.8) is 0 Å². The van der Waals surface area contributed by atoms with Gasteiger partial charge in [0.1, 0.15) is 0 Å². The average Bonchev–Trinajstić information content (AvgIpc) is 2.25. The first-order chi connectivity index (χ1) is 7.83. The Bertz CT molecular complexity index is 227.